The molecule has 0 aliphatic rings. The number of aliphatic hydroxyl groups excluding tert-OH is 1. The third kappa shape index (κ3) is 41.8. The zero-order valence-corrected chi connectivity index (χ0v) is 37.9. The molecule has 0 aromatic carbocycles. The molecule has 1 amide bonds. The van der Waals surface area contributed by atoms with Crippen LogP contribution >= 0.6 is 7.82 Å². The average Bonchev–Trinajstić information content (AvgIpc) is 3.21. The van der Waals surface area contributed by atoms with Crippen molar-refractivity contribution in [1.29, 1.82) is 0 Å². The molecule has 0 rings (SSSR count). The topological polar surface area (TPSA) is 131 Å². The minimum Gasteiger partial charge on any atom is -0.387 e. The lowest BCUT2D eigenvalue weighted by Gasteiger charge is -2.23. The molecule has 58 heavy (non-hydrogen) atoms. The monoisotopic (exact) mass is 831 g/mol. The molecule has 0 aliphatic carbocycles. The fourth-order valence-electron chi connectivity index (χ4n) is 6.27. The molecule has 5 N–H and O–H groups in total. The summed E-state index contributed by atoms with van der Waals surface area (Å²) in [4.78, 5) is 22.7. The first-order chi connectivity index (χ1) is 28.4. The van der Waals surface area contributed by atoms with Gasteiger partial charge in [0.25, 0.3) is 0 Å². The van der Waals surface area contributed by atoms with Gasteiger partial charge in [0.1, 0.15) is 0 Å². The Kier molecular flexibility index (Phi) is 42.5. The Balaban J connectivity index is 4.31. The Morgan fingerprint density at radius 3 is 1.43 bits per heavy atom. The maximum absolute atomic E-state index is 12.7. The fraction of sp³-hybridized carbons (Fsp3) is 0.694. The molecule has 0 saturated heterocycles. The second kappa shape index (κ2) is 44.2. The maximum Gasteiger partial charge on any atom is 0.472 e. The van der Waals surface area contributed by atoms with Crippen molar-refractivity contribution in [2.75, 3.05) is 19.8 Å². The number of rotatable bonds is 42. The normalized spacial score (nSPS) is 14.8. The molecule has 3 unspecified atom stereocenters. The SMILES string of the molecule is CC/C=C\C/C=C\C/C=C\C/C=C\C/C=C\C/C=C\CCC(=O)NC(COP(=O)(O)OCCN)C(O)/C=C/CCCCCCCCCCCCCCCCCCCC. The summed E-state index contributed by atoms with van der Waals surface area (Å²) in [5.74, 6) is -0.278. The van der Waals surface area contributed by atoms with Crippen molar-refractivity contribution in [3.63, 3.8) is 0 Å². The maximum atomic E-state index is 12.7. The zero-order chi connectivity index (χ0) is 42.5. The van der Waals surface area contributed by atoms with Crippen LogP contribution in [0, 0.1) is 0 Å². The number of phosphoric ester groups is 1. The number of unbranched alkanes of at least 4 members (excludes halogenated alkanes) is 18. The summed E-state index contributed by atoms with van der Waals surface area (Å²) in [7, 11) is -4.37. The van der Waals surface area contributed by atoms with Gasteiger partial charge in [0.2, 0.25) is 5.91 Å². The molecule has 0 fully saturated rings. The van der Waals surface area contributed by atoms with E-state index in [1.807, 2.05) is 18.2 Å². The van der Waals surface area contributed by atoms with Crippen LogP contribution in [0.25, 0.3) is 0 Å². The molecule has 0 spiro atoms. The molecule has 0 saturated carbocycles. The summed E-state index contributed by atoms with van der Waals surface area (Å²) in [6.07, 6.45) is 59.4. The predicted molar refractivity (Wildman–Crippen MR) is 249 cm³/mol. The van der Waals surface area contributed by atoms with Gasteiger partial charge in [0.15, 0.2) is 0 Å². The van der Waals surface area contributed by atoms with Crippen molar-refractivity contribution >= 4 is 13.7 Å². The standard InChI is InChI=1S/C49H87N2O6P/c1-3-5-7-9-11-13-15-17-19-21-23-25-26-28-30-32-34-36-38-40-42-48(52)47(46-57-58(54,55)56-45-44-50)51-49(53)43-41-39-37-35-33-31-29-27-24-22-20-18-16-14-12-10-8-6-4-2/h6,8,12,14,18,20,24,27,31,33,37,39-40,42,47-48,52H,3-5,7,9-11,13,15-17,19,21-23,25-26,28-30,32,34-36,38,41,43-46,50H2,1-2H3,(H,51,53)(H,54,55)/b8-6-,14-12-,20-18-,27-24-,33-31-,39-37-,42-40+. The molecule has 0 radical (unpaired) electrons. The number of carbonyl (C=O) groups is 1. The highest BCUT2D eigenvalue weighted by Crippen LogP contribution is 2.43. The molecule has 0 aromatic heterocycles. The van der Waals surface area contributed by atoms with Crippen molar-refractivity contribution in [2.45, 2.75) is 199 Å². The lowest BCUT2D eigenvalue weighted by molar-refractivity contribution is -0.122. The zero-order valence-electron chi connectivity index (χ0n) is 37.0. The number of amides is 1. The second-order valence-corrected chi connectivity index (χ2v) is 16.7. The Labute approximate surface area is 356 Å². The lowest BCUT2D eigenvalue weighted by Crippen LogP contribution is -2.45. The van der Waals surface area contributed by atoms with Crippen LogP contribution in [0.2, 0.25) is 0 Å². The molecule has 0 aliphatic heterocycles. The van der Waals surface area contributed by atoms with Gasteiger partial charge in [-0.25, -0.2) is 4.57 Å². The summed E-state index contributed by atoms with van der Waals surface area (Å²) < 4.78 is 22.1. The van der Waals surface area contributed by atoms with Gasteiger partial charge in [-0.05, 0) is 57.8 Å². The van der Waals surface area contributed by atoms with E-state index in [1.54, 1.807) is 6.08 Å². The van der Waals surface area contributed by atoms with E-state index in [1.165, 1.54) is 103 Å². The molecule has 0 bridgehead atoms. The molecular weight excluding hydrogens is 744 g/mol. The number of aliphatic hydroxyl groups is 1. The minimum atomic E-state index is -4.37. The van der Waals surface area contributed by atoms with E-state index in [9.17, 15) is 19.4 Å². The Bertz CT molecular complexity index is 1180. The predicted octanol–water partition coefficient (Wildman–Crippen LogP) is 13.4. The quantitative estimate of drug-likeness (QED) is 0.0274. The number of carbonyl (C=O) groups excluding carboxylic acids is 1. The average molecular weight is 831 g/mol. The Morgan fingerprint density at radius 2 is 1.00 bits per heavy atom. The number of hydrogen-bond donors (Lipinski definition) is 4. The third-order valence-corrected chi connectivity index (χ3v) is 10.7. The minimum absolute atomic E-state index is 0.0630. The first-order valence-electron chi connectivity index (χ1n) is 23.2. The smallest absolute Gasteiger partial charge is 0.387 e. The number of allylic oxidation sites excluding steroid dienone is 13. The van der Waals surface area contributed by atoms with Gasteiger partial charge in [0.05, 0.1) is 25.4 Å². The van der Waals surface area contributed by atoms with Crippen LogP contribution in [0.1, 0.15) is 187 Å². The van der Waals surface area contributed by atoms with E-state index < -0.39 is 20.0 Å². The summed E-state index contributed by atoms with van der Waals surface area (Å²) >= 11 is 0. The number of nitrogens with one attached hydrogen (secondary N) is 1. The first-order valence-corrected chi connectivity index (χ1v) is 24.7. The molecule has 334 valence electrons. The van der Waals surface area contributed by atoms with E-state index in [0.29, 0.717) is 6.42 Å². The van der Waals surface area contributed by atoms with Gasteiger partial charge >= 0.3 is 7.82 Å². The number of nitrogens with two attached hydrogens (primary N) is 1. The van der Waals surface area contributed by atoms with Crippen LogP contribution in [-0.4, -0.2) is 47.8 Å². The molecule has 9 heteroatoms. The largest absolute Gasteiger partial charge is 0.472 e. The first kappa shape index (κ1) is 55.7. The summed E-state index contributed by atoms with van der Waals surface area (Å²) in [5, 5.41) is 13.6. The second-order valence-electron chi connectivity index (χ2n) is 15.2. The number of hydrogen-bond acceptors (Lipinski definition) is 6. The van der Waals surface area contributed by atoms with Crippen LogP contribution in [0.4, 0.5) is 0 Å². The van der Waals surface area contributed by atoms with Crippen LogP contribution in [0.3, 0.4) is 0 Å². The molecular formula is C49H87N2O6P. The van der Waals surface area contributed by atoms with Crippen LogP contribution in [-0.2, 0) is 18.4 Å². The van der Waals surface area contributed by atoms with Gasteiger partial charge in [-0.1, -0.05) is 208 Å². The summed E-state index contributed by atoms with van der Waals surface area (Å²) in [5.41, 5.74) is 5.37. The van der Waals surface area contributed by atoms with Gasteiger partial charge in [-0.3, -0.25) is 13.8 Å². The summed E-state index contributed by atoms with van der Waals surface area (Å²) in [6.45, 7) is 3.96. The van der Waals surface area contributed by atoms with Gasteiger partial charge in [-0.2, -0.15) is 0 Å². The molecule has 3 atom stereocenters. The van der Waals surface area contributed by atoms with Crippen molar-refractivity contribution in [3.05, 3.63) is 85.1 Å². The van der Waals surface area contributed by atoms with Gasteiger partial charge < -0.3 is 21.1 Å². The fourth-order valence-corrected chi connectivity index (χ4v) is 7.03. The Morgan fingerprint density at radius 1 is 0.586 bits per heavy atom. The van der Waals surface area contributed by atoms with Crippen molar-refractivity contribution in [3.8, 4) is 0 Å². The van der Waals surface area contributed by atoms with E-state index in [-0.39, 0.29) is 32.1 Å². The molecule has 0 aromatic rings. The van der Waals surface area contributed by atoms with Gasteiger partial charge in [0, 0.05) is 13.0 Å². The highest BCUT2D eigenvalue weighted by atomic mass is 31.2. The van der Waals surface area contributed by atoms with Crippen molar-refractivity contribution in [1.82, 2.24) is 5.32 Å². The van der Waals surface area contributed by atoms with E-state index in [4.69, 9.17) is 14.8 Å². The highest BCUT2D eigenvalue weighted by molar-refractivity contribution is 7.47. The van der Waals surface area contributed by atoms with E-state index >= 15 is 0 Å². The van der Waals surface area contributed by atoms with Crippen molar-refractivity contribution in [2.24, 2.45) is 5.73 Å². The van der Waals surface area contributed by atoms with Crippen LogP contribution in [0.5, 0.6) is 0 Å². The van der Waals surface area contributed by atoms with Crippen molar-refractivity contribution < 1.29 is 28.4 Å². The molecule has 8 nitrogen and oxygen atoms in total. The summed E-state index contributed by atoms with van der Waals surface area (Å²) in [6, 6.07) is -0.906. The Hall–Kier alpha value is -2.32. The third-order valence-electron chi connectivity index (χ3n) is 9.74. The van der Waals surface area contributed by atoms with Crippen LogP contribution in [0.15, 0.2) is 85.1 Å². The van der Waals surface area contributed by atoms with E-state index in [2.05, 4.69) is 79.9 Å². The highest BCUT2D eigenvalue weighted by Gasteiger charge is 2.26. The van der Waals surface area contributed by atoms with E-state index in [0.717, 1.165) is 57.8 Å². The van der Waals surface area contributed by atoms with Gasteiger partial charge in [-0.15, -0.1) is 0 Å². The van der Waals surface area contributed by atoms with Crippen LogP contribution < -0.4 is 11.1 Å². The lowest BCUT2D eigenvalue weighted by atomic mass is 10.0. The molecule has 0 heterocycles. The number of phosphoric acid groups is 1.